The molecule has 1 saturated heterocycles. The maximum atomic E-state index is 12.4. The van der Waals surface area contributed by atoms with Crippen molar-refractivity contribution in [3.8, 4) is 0 Å². The molecule has 132 valence electrons. The van der Waals surface area contributed by atoms with Crippen LogP contribution in [0.5, 0.6) is 0 Å². The van der Waals surface area contributed by atoms with Crippen molar-refractivity contribution >= 4 is 29.2 Å². The summed E-state index contributed by atoms with van der Waals surface area (Å²) in [6, 6.07) is 4.58. The lowest BCUT2D eigenvalue weighted by molar-refractivity contribution is 0.0963. The molecule has 0 spiro atoms. The Balaban J connectivity index is 1.94. The van der Waals surface area contributed by atoms with Gasteiger partial charge in [-0.25, -0.2) is 4.79 Å². The molecule has 24 heavy (non-hydrogen) atoms. The summed E-state index contributed by atoms with van der Waals surface area (Å²) in [6.45, 7) is 4.45. The molecule has 0 atom stereocenters. The van der Waals surface area contributed by atoms with Crippen LogP contribution in [0.4, 0.5) is 10.5 Å². The van der Waals surface area contributed by atoms with Crippen molar-refractivity contribution < 1.29 is 14.3 Å². The van der Waals surface area contributed by atoms with E-state index in [1.165, 1.54) is 0 Å². The zero-order valence-electron chi connectivity index (χ0n) is 14.0. The van der Waals surface area contributed by atoms with Crippen LogP contribution in [0.1, 0.15) is 10.4 Å². The zero-order chi connectivity index (χ0) is 17.5. The Morgan fingerprint density at radius 1 is 1.25 bits per heavy atom. The summed E-state index contributed by atoms with van der Waals surface area (Å²) in [5, 5.41) is 5.73. The third-order valence-electron chi connectivity index (χ3n) is 3.97. The number of carbonyl (C=O) groups is 2. The van der Waals surface area contributed by atoms with E-state index in [1.54, 1.807) is 37.3 Å². The molecule has 1 aliphatic heterocycles. The first kappa shape index (κ1) is 18.5. The van der Waals surface area contributed by atoms with E-state index >= 15 is 0 Å². The van der Waals surface area contributed by atoms with Crippen LogP contribution in [0.3, 0.4) is 0 Å². The number of nitrogens with zero attached hydrogens (tertiary/aromatic N) is 2. The van der Waals surface area contributed by atoms with Crippen LogP contribution < -0.4 is 10.6 Å². The molecule has 0 aromatic heterocycles. The molecule has 7 nitrogen and oxygen atoms in total. The Morgan fingerprint density at radius 3 is 2.58 bits per heavy atom. The molecule has 0 aliphatic carbocycles. The predicted molar refractivity (Wildman–Crippen MR) is 93.7 cm³/mol. The number of nitrogens with one attached hydrogen (secondary N) is 2. The fourth-order valence-electron chi connectivity index (χ4n) is 2.50. The quantitative estimate of drug-likeness (QED) is 0.840. The summed E-state index contributed by atoms with van der Waals surface area (Å²) in [6.07, 6.45) is 0. The Morgan fingerprint density at radius 2 is 1.96 bits per heavy atom. The number of piperazine rings is 1. The monoisotopic (exact) mass is 354 g/mol. The van der Waals surface area contributed by atoms with E-state index in [-0.39, 0.29) is 11.9 Å². The summed E-state index contributed by atoms with van der Waals surface area (Å²) in [7, 11) is 3.23. The standard InChI is InChI=1S/C16H23ClN4O3/c1-18-15(22)12-3-4-13(17)14(11-12)19-16(23)21-7-5-20(6-8-21)9-10-24-2/h3-4,11H,5-10H2,1-2H3,(H,18,22)(H,19,23). The Bertz CT molecular complexity index is 589. The number of methoxy groups -OCH3 is 1. The molecule has 1 aromatic rings. The largest absolute Gasteiger partial charge is 0.383 e. The van der Waals surface area contributed by atoms with Gasteiger partial charge in [-0.15, -0.1) is 0 Å². The van der Waals surface area contributed by atoms with Crippen LogP contribution in [0.2, 0.25) is 5.02 Å². The van der Waals surface area contributed by atoms with Gasteiger partial charge in [0.1, 0.15) is 0 Å². The van der Waals surface area contributed by atoms with Crippen LogP contribution >= 0.6 is 11.6 Å². The van der Waals surface area contributed by atoms with E-state index in [1.807, 2.05) is 0 Å². The first-order valence-electron chi connectivity index (χ1n) is 7.84. The first-order valence-corrected chi connectivity index (χ1v) is 8.21. The summed E-state index contributed by atoms with van der Waals surface area (Å²) in [5.41, 5.74) is 0.881. The van der Waals surface area contributed by atoms with Gasteiger partial charge in [0, 0.05) is 52.4 Å². The molecule has 2 rings (SSSR count). The van der Waals surface area contributed by atoms with E-state index < -0.39 is 0 Å². The summed E-state index contributed by atoms with van der Waals surface area (Å²) >= 11 is 6.12. The number of carbonyl (C=O) groups excluding carboxylic acids is 2. The molecule has 1 fully saturated rings. The topological polar surface area (TPSA) is 73.9 Å². The number of benzene rings is 1. The van der Waals surface area contributed by atoms with Crippen LogP contribution in [0.15, 0.2) is 18.2 Å². The Hall–Kier alpha value is -1.83. The highest BCUT2D eigenvalue weighted by Crippen LogP contribution is 2.23. The SMILES string of the molecule is CNC(=O)c1ccc(Cl)c(NC(=O)N2CCN(CCOC)CC2)c1. The van der Waals surface area contributed by atoms with E-state index in [2.05, 4.69) is 15.5 Å². The van der Waals surface area contributed by atoms with Crippen LogP contribution in [-0.2, 0) is 4.74 Å². The lowest BCUT2D eigenvalue weighted by atomic mass is 10.2. The second-order valence-corrected chi connectivity index (χ2v) is 5.93. The van der Waals surface area contributed by atoms with Gasteiger partial charge >= 0.3 is 6.03 Å². The fourth-order valence-corrected chi connectivity index (χ4v) is 2.66. The molecule has 1 aromatic carbocycles. The maximum absolute atomic E-state index is 12.4. The lowest BCUT2D eigenvalue weighted by Gasteiger charge is -2.34. The van der Waals surface area contributed by atoms with Gasteiger partial charge in [0.2, 0.25) is 0 Å². The highest BCUT2D eigenvalue weighted by Gasteiger charge is 2.21. The van der Waals surface area contributed by atoms with Gasteiger partial charge in [0.15, 0.2) is 0 Å². The van der Waals surface area contributed by atoms with Gasteiger partial charge in [0.05, 0.1) is 17.3 Å². The van der Waals surface area contributed by atoms with E-state index in [0.717, 1.165) is 19.6 Å². The van der Waals surface area contributed by atoms with Crippen LogP contribution in [0.25, 0.3) is 0 Å². The van der Waals surface area contributed by atoms with Crippen molar-refractivity contribution in [3.05, 3.63) is 28.8 Å². The number of rotatable bonds is 5. The Kier molecular flexibility index (Phi) is 6.84. The fraction of sp³-hybridized carbons (Fsp3) is 0.500. The van der Waals surface area contributed by atoms with Crippen molar-refractivity contribution in [2.45, 2.75) is 0 Å². The number of anilines is 1. The van der Waals surface area contributed by atoms with Crippen molar-refractivity contribution in [3.63, 3.8) is 0 Å². The predicted octanol–water partition coefficient (Wildman–Crippen LogP) is 1.50. The van der Waals surface area contributed by atoms with Gasteiger partial charge in [-0.1, -0.05) is 11.6 Å². The van der Waals surface area contributed by atoms with Crippen LogP contribution in [0, 0.1) is 0 Å². The van der Waals surface area contributed by atoms with E-state index in [4.69, 9.17) is 16.3 Å². The summed E-state index contributed by atoms with van der Waals surface area (Å²) in [4.78, 5) is 28.1. The third-order valence-corrected chi connectivity index (χ3v) is 4.30. The molecular weight excluding hydrogens is 332 g/mol. The molecule has 3 amide bonds. The molecule has 0 bridgehead atoms. The zero-order valence-corrected chi connectivity index (χ0v) is 14.7. The number of ether oxygens (including phenoxy) is 1. The number of halogens is 1. The van der Waals surface area contributed by atoms with E-state index in [9.17, 15) is 9.59 Å². The first-order chi connectivity index (χ1) is 11.5. The lowest BCUT2D eigenvalue weighted by Crippen LogP contribution is -2.50. The van der Waals surface area contributed by atoms with Crippen molar-refractivity contribution in [1.82, 2.24) is 15.1 Å². The third kappa shape index (κ3) is 4.83. The van der Waals surface area contributed by atoms with Gasteiger partial charge in [-0.2, -0.15) is 0 Å². The maximum Gasteiger partial charge on any atom is 0.321 e. The van der Waals surface area contributed by atoms with Crippen molar-refractivity contribution in [2.75, 3.05) is 58.8 Å². The van der Waals surface area contributed by atoms with Gasteiger partial charge in [-0.05, 0) is 18.2 Å². The number of hydrogen-bond donors (Lipinski definition) is 2. The number of amides is 3. The van der Waals surface area contributed by atoms with Gasteiger partial charge < -0.3 is 20.3 Å². The van der Waals surface area contributed by atoms with Crippen molar-refractivity contribution in [2.24, 2.45) is 0 Å². The minimum absolute atomic E-state index is 0.211. The average molecular weight is 355 g/mol. The second kappa shape index (κ2) is 8.86. The minimum Gasteiger partial charge on any atom is -0.383 e. The minimum atomic E-state index is -0.228. The van der Waals surface area contributed by atoms with Crippen LogP contribution in [-0.4, -0.2) is 75.2 Å². The van der Waals surface area contributed by atoms with Gasteiger partial charge in [0.25, 0.3) is 5.91 Å². The number of hydrogen-bond acceptors (Lipinski definition) is 4. The molecule has 2 N–H and O–H groups in total. The highest BCUT2D eigenvalue weighted by molar-refractivity contribution is 6.33. The molecule has 8 heteroatoms. The molecular formula is C16H23ClN4O3. The molecule has 0 unspecified atom stereocenters. The number of urea groups is 1. The second-order valence-electron chi connectivity index (χ2n) is 5.53. The van der Waals surface area contributed by atoms with E-state index in [0.29, 0.717) is 36.0 Å². The molecule has 0 radical (unpaired) electrons. The van der Waals surface area contributed by atoms with Crippen molar-refractivity contribution in [1.29, 1.82) is 0 Å². The molecule has 1 aliphatic rings. The summed E-state index contributed by atoms with van der Waals surface area (Å²) < 4.78 is 5.07. The summed E-state index contributed by atoms with van der Waals surface area (Å²) in [5.74, 6) is -0.228. The molecule has 1 heterocycles. The highest BCUT2D eigenvalue weighted by atomic mass is 35.5. The smallest absolute Gasteiger partial charge is 0.321 e. The molecule has 0 saturated carbocycles. The van der Waals surface area contributed by atoms with Gasteiger partial charge in [-0.3, -0.25) is 9.69 Å². The Labute approximate surface area is 146 Å². The average Bonchev–Trinajstić information content (AvgIpc) is 2.61. The normalized spacial score (nSPS) is 15.2.